The number of aryl methyl sites for hydroxylation is 1. The predicted octanol–water partition coefficient (Wildman–Crippen LogP) is 1.28. The zero-order valence-corrected chi connectivity index (χ0v) is 11.6. The van der Waals surface area contributed by atoms with Crippen LogP contribution in [0.15, 0.2) is 18.2 Å². The third-order valence-electron chi connectivity index (χ3n) is 3.75. The van der Waals surface area contributed by atoms with Gasteiger partial charge in [-0.1, -0.05) is 12.1 Å². The lowest BCUT2D eigenvalue weighted by Crippen LogP contribution is -2.43. The van der Waals surface area contributed by atoms with Gasteiger partial charge in [-0.25, -0.2) is 0 Å². The van der Waals surface area contributed by atoms with Crippen molar-refractivity contribution in [2.45, 2.75) is 12.8 Å². The average Bonchev–Trinajstić information content (AvgIpc) is 2.53. The Bertz CT molecular complexity index is 484. The van der Waals surface area contributed by atoms with Gasteiger partial charge in [-0.05, 0) is 24.5 Å². The number of hydrogen-bond donors (Lipinski definition) is 1. The predicted molar refractivity (Wildman–Crippen MR) is 76.1 cm³/mol. The maximum Gasteiger partial charge on any atom is 0.260 e. The summed E-state index contributed by atoms with van der Waals surface area (Å²) in [4.78, 5) is 13.9. The highest BCUT2D eigenvalue weighted by Crippen LogP contribution is 2.31. The van der Waals surface area contributed by atoms with E-state index in [-0.39, 0.29) is 12.5 Å². The van der Waals surface area contributed by atoms with Crippen molar-refractivity contribution in [2.75, 3.05) is 44.8 Å². The third-order valence-corrected chi connectivity index (χ3v) is 3.75. The molecule has 2 aliphatic rings. The van der Waals surface area contributed by atoms with Gasteiger partial charge in [0.05, 0.1) is 18.9 Å². The molecule has 5 nitrogen and oxygen atoms in total. The molecule has 0 saturated carbocycles. The molecular formula is C15H20N2O3. The maximum absolute atomic E-state index is 12.1. The van der Waals surface area contributed by atoms with Crippen LogP contribution in [0.2, 0.25) is 0 Å². The van der Waals surface area contributed by atoms with Crippen molar-refractivity contribution in [1.29, 1.82) is 0 Å². The van der Waals surface area contributed by atoms with Gasteiger partial charge in [0.1, 0.15) is 5.75 Å². The number of amides is 1. The monoisotopic (exact) mass is 276 g/mol. The maximum atomic E-state index is 12.1. The van der Waals surface area contributed by atoms with Crippen LogP contribution in [0.25, 0.3) is 0 Å². The fourth-order valence-electron chi connectivity index (χ4n) is 2.64. The molecular weight excluding hydrogens is 256 g/mol. The van der Waals surface area contributed by atoms with Crippen LogP contribution < -0.4 is 10.1 Å². The topological polar surface area (TPSA) is 50.8 Å². The van der Waals surface area contributed by atoms with E-state index in [1.54, 1.807) is 4.90 Å². The number of carbonyl (C=O) groups excluding carboxylic acids is 1. The van der Waals surface area contributed by atoms with Crippen LogP contribution in [-0.4, -0.2) is 50.3 Å². The molecule has 0 aliphatic carbocycles. The van der Waals surface area contributed by atoms with Gasteiger partial charge in [0, 0.05) is 19.6 Å². The van der Waals surface area contributed by atoms with Gasteiger partial charge in [-0.15, -0.1) is 0 Å². The van der Waals surface area contributed by atoms with Crippen LogP contribution in [0.1, 0.15) is 12.0 Å². The highest BCUT2D eigenvalue weighted by atomic mass is 16.5. The standard InChI is InChI=1S/C15H20N2O3/c18-14(17-7-9-19-10-8-17)11-20-13-5-1-3-12-4-2-6-16-15(12)13/h1,3,5,16H,2,4,6-11H2. The number of carbonyl (C=O) groups is 1. The van der Waals surface area contributed by atoms with E-state index in [0.717, 1.165) is 30.8 Å². The summed E-state index contributed by atoms with van der Waals surface area (Å²) in [5, 5.41) is 3.36. The fraction of sp³-hybridized carbons (Fsp3) is 0.533. The summed E-state index contributed by atoms with van der Waals surface area (Å²) in [6.45, 7) is 3.62. The van der Waals surface area contributed by atoms with E-state index in [1.165, 1.54) is 5.56 Å². The van der Waals surface area contributed by atoms with Gasteiger partial charge in [-0.2, -0.15) is 0 Å². The smallest absolute Gasteiger partial charge is 0.260 e. The van der Waals surface area contributed by atoms with Crippen LogP contribution in [0, 0.1) is 0 Å². The Morgan fingerprint density at radius 2 is 2.20 bits per heavy atom. The first kappa shape index (κ1) is 13.2. The largest absolute Gasteiger partial charge is 0.482 e. The molecule has 0 aromatic heterocycles. The van der Waals surface area contributed by atoms with E-state index in [4.69, 9.17) is 9.47 Å². The van der Waals surface area contributed by atoms with E-state index in [0.29, 0.717) is 26.3 Å². The van der Waals surface area contributed by atoms with E-state index in [2.05, 4.69) is 11.4 Å². The van der Waals surface area contributed by atoms with Gasteiger partial charge in [0.2, 0.25) is 0 Å². The summed E-state index contributed by atoms with van der Waals surface area (Å²) in [6.07, 6.45) is 2.21. The zero-order valence-electron chi connectivity index (χ0n) is 11.6. The van der Waals surface area contributed by atoms with E-state index in [1.807, 2.05) is 12.1 Å². The lowest BCUT2D eigenvalue weighted by molar-refractivity contribution is -0.137. The van der Waals surface area contributed by atoms with Crippen molar-refractivity contribution in [2.24, 2.45) is 0 Å². The number of morpholine rings is 1. The summed E-state index contributed by atoms with van der Waals surface area (Å²) in [5.41, 5.74) is 2.32. The molecule has 1 amide bonds. The van der Waals surface area contributed by atoms with Crippen molar-refractivity contribution in [3.63, 3.8) is 0 Å². The number of anilines is 1. The minimum Gasteiger partial charge on any atom is -0.482 e. The minimum atomic E-state index is 0.0294. The van der Waals surface area contributed by atoms with Crippen molar-refractivity contribution in [1.82, 2.24) is 4.90 Å². The van der Waals surface area contributed by atoms with Gasteiger partial charge in [-0.3, -0.25) is 4.79 Å². The Morgan fingerprint density at radius 3 is 3.05 bits per heavy atom. The Kier molecular flexibility index (Phi) is 4.06. The summed E-state index contributed by atoms with van der Waals surface area (Å²) in [5.74, 6) is 0.811. The number of para-hydroxylation sites is 1. The summed E-state index contributed by atoms with van der Waals surface area (Å²) in [6, 6.07) is 6.02. The van der Waals surface area contributed by atoms with Crippen LogP contribution >= 0.6 is 0 Å². The molecule has 0 unspecified atom stereocenters. The lowest BCUT2D eigenvalue weighted by Gasteiger charge is -2.27. The second kappa shape index (κ2) is 6.13. The molecule has 3 rings (SSSR count). The summed E-state index contributed by atoms with van der Waals surface area (Å²) >= 11 is 0. The van der Waals surface area contributed by atoms with Crippen LogP contribution in [0.4, 0.5) is 5.69 Å². The van der Waals surface area contributed by atoms with Crippen molar-refractivity contribution in [3.05, 3.63) is 23.8 Å². The third kappa shape index (κ3) is 2.88. The molecule has 2 heterocycles. The second-order valence-electron chi connectivity index (χ2n) is 5.10. The lowest BCUT2D eigenvalue weighted by atomic mass is 10.0. The van der Waals surface area contributed by atoms with Gasteiger partial charge >= 0.3 is 0 Å². The highest BCUT2D eigenvalue weighted by molar-refractivity contribution is 5.78. The number of nitrogens with zero attached hydrogens (tertiary/aromatic N) is 1. The van der Waals surface area contributed by atoms with Gasteiger partial charge < -0.3 is 19.7 Å². The first-order valence-corrected chi connectivity index (χ1v) is 7.19. The molecule has 1 saturated heterocycles. The number of nitrogens with one attached hydrogen (secondary N) is 1. The number of benzene rings is 1. The number of fused-ring (bicyclic) bond motifs is 1. The zero-order chi connectivity index (χ0) is 13.8. The van der Waals surface area contributed by atoms with E-state index in [9.17, 15) is 4.79 Å². The molecule has 5 heteroatoms. The second-order valence-corrected chi connectivity index (χ2v) is 5.10. The molecule has 0 spiro atoms. The number of hydrogen-bond acceptors (Lipinski definition) is 4. The molecule has 2 aliphatic heterocycles. The quantitative estimate of drug-likeness (QED) is 0.903. The Labute approximate surface area is 118 Å². The number of rotatable bonds is 3. The Morgan fingerprint density at radius 1 is 1.35 bits per heavy atom. The van der Waals surface area contributed by atoms with E-state index < -0.39 is 0 Å². The summed E-state index contributed by atoms with van der Waals surface area (Å²) < 4.78 is 11.0. The highest BCUT2D eigenvalue weighted by Gasteiger charge is 2.19. The molecule has 1 aromatic carbocycles. The van der Waals surface area contributed by atoms with Crippen molar-refractivity contribution in [3.8, 4) is 5.75 Å². The van der Waals surface area contributed by atoms with Crippen LogP contribution in [0.5, 0.6) is 5.75 Å². The molecule has 108 valence electrons. The summed E-state index contributed by atoms with van der Waals surface area (Å²) in [7, 11) is 0. The van der Waals surface area contributed by atoms with Gasteiger partial charge in [0.25, 0.3) is 5.91 Å². The van der Waals surface area contributed by atoms with Gasteiger partial charge in [0.15, 0.2) is 6.61 Å². The van der Waals surface area contributed by atoms with Crippen molar-refractivity contribution < 1.29 is 14.3 Å². The fourth-order valence-corrected chi connectivity index (χ4v) is 2.64. The average molecular weight is 276 g/mol. The Hall–Kier alpha value is -1.75. The first-order valence-electron chi connectivity index (χ1n) is 7.19. The molecule has 0 atom stereocenters. The SMILES string of the molecule is O=C(COc1cccc2c1NCCC2)N1CCOCC1. The molecule has 1 aromatic rings. The Balaban J connectivity index is 1.62. The minimum absolute atomic E-state index is 0.0294. The van der Waals surface area contributed by atoms with Crippen LogP contribution in [0.3, 0.4) is 0 Å². The molecule has 1 fully saturated rings. The van der Waals surface area contributed by atoms with Crippen LogP contribution in [-0.2, 0) is 16.0 Å². The van der Waals surface area contributed by atoms with Crippen molar-refractivity contribution >= 4 is 11.6 Å². The normalized spacial score (nSPS) is 18.1. The molecule has 0 radical (unpaired) electrons. The van der Waals surface area contributed by atoms with E-state index >= 15 is 0 Å². The molecule has 1 N–H and O–H groups in total. The molecule has 20 heavy (non-hydrogen) atoms. The number of ether oxygens (including phenoxy) is 2. The first-order chi connectivity index (χ1) is 9.84. The molecule has 0 bridgehead atoms.